The average Bonchev–Trinajstić information content (AvgIpc) is 2.68. The second-order valence-corrected chi connectivity index (χ2v) is 6.46. The van der Waals surface area contributed by atoms with Crippen LogP contribution in [0.3, 0.4) is 0 Å². The molecule has 2 aromatic rings. The third-order valence-corrected chi connectivity index (χ3v) is 4.18. The Balaban J connectivity index is 2.12. The Morgan fingerprint density at radius 1 is 1.20 bits per heavy atom. The van der Waals surface area contributed by atoms with Crippen LogP contribution in [0.2, 0.25) is 0 Å². The monoisotopic (exact) mass is 288 g/mol. The number of rotatable bonds is 4. The predicted molar refractivity (Wildman–Crippen MR) is 86.6 cm³/mol. The van der Waals surface area contributed by atoms with Gasteiger partial charge in [0.15, 0.2) is 0 Å². The minimum Gasteiger partial charge on any atom is -0.381 e. The summed E-state index contributed by atoms with van der Waals surface area (Å²) < 4.78 is 0. The van der Waals surface area contributed by atoms with Gasteiger partial charge in [-0.2, -0.15) is 0 Å². The molecule has 1 amide bonds. The lowest BCUT2D eigenvalue weighted by molar-refractivity contribution is -0.114. The maximum absolute atomic E-state index is 11.1. The van der Waals surface area contributed by atoms with Crippen molar-refractivity contribution >= 4 is 28.6 Å². The van der Waals surface area contributed by atoms with Crippen LogP contribution in [-0.2, 0) is 11.3 Å². The van der Waals surface area contributed by atoms with E-state index in [1.807, 2.05) is 29.5 Å². The largest absolute Gasteiger partial charge is 0.381 e. The van der Waals surface area contributed by atoms with Crippen LogP contribution in [0.15, 0.2) is 24.3 Å². The third kappa shape index (κ3) is 3.61. The van der Waals surface area contributed by atoms with E-state index in [0.29, 0.717) is 0 Å². The number of anilines is 2. The fourth-order valence-electron chi connectivity index (χ4n) is 2.14. The zero-order chi connectivity index (χ0) is 14.7. The minimum absolute atomic E-state index is 0.0518. The van der Waals surface area contributed by atoms with E-state index < -0.39 is 0 Å². The summed E-state index contributed by atoms with van der Waals surface area (Å²) in [6.45, 7) is 8.66. The molecule has 0 aliphatic heterocycles. The Labute approximate surface area is 124 Å². The normalized spacial score (nSPS) is 10.4. The van der Waals surface area contributed by atoms with E-state index in [2.05, 4.69) is 37.5 Å². The number of hydrogen-bond donors (Lipinski definition) is 2. The minimum atomic E-state index is -0.0518. The summed E-state index contributed by atoms with van der Waals surface area (Å²) in [5.74, 6) is -0.0518. The molecule has 0 saturated heterocycles. The summed E-state index contributed by atoms with van der Waals surface area (Å²) in [5.41, 5.74) is 4.38. The molecular formula is C16H20N2OS. The molecule has 0 bridgehead atoms. The summed E-state index contributed by atoms with van der Waals surface area (Å²) in [4.78, 5) is 13.8. The van der Waals surface area contributed by atoms with Crippen LogP contribution in [0.1, 0.15) is 27.8 Å². The van der Waals surface area contributed by atoms with Crippen LogP contribution in [0.4, 0.5) is 11.4 Å². The summed E-state index contributed by atoms with van der Waals surface area (Å²) in [6.07, 6.45) is 0. The van der Waals surface area contributed by atoms with Crippen LogP contribution in [0.25, 0.3) is 0 Å². The van der Waals surface area contributed by atoms with Gasteiger partial charge in [-0.3, -0.25) is 4.79 Å². The van der Waals surface area contributed by atoms with Gasteiger partial charge < -0.3 is 10.6 Å². The molecule has 0 aliphatic carbocycles. The molecule has 0 saturated carbocycles. The molecule has 4 heteroatoms. The number of nitrogens with one attached hydrogen (secondary N) is 2. The lowest BCUT2D eigenvalue weighted by Crippen LogP contribution is -2.07. The Morgan fingerprint density at radius 3 is 2.55 bits per heavy atom. The van der Waals surface area contributed by atoms with Crippen LogP contribution in [-0.4, -0.2) is 5.91 Å². The van der Waals surface area contributed by atoms with Crippen LogP contribution in [0, 0.1) is 20.8 Å². The van der Waals surface area contributed by atoms with Crippen LogP contribution in [0.5, 0.6) is 0 Å². The van der Waals surface area contributed by atoms with Gasteiger partial charge in [0.2, 0.25) is 5.91 Å². The Morgan fingerprint density at radius 2 is 1.95 bits per heavy atom. The topological polar surface area (TPSA) is 41.1 Å². The first-order valence-electron chi connectivity index (χ1n) is 6.63. The number of amides is 1. The lowest BCUT2D eigenvalue weighted by Gasteiger charge is -2.12. The number of hydrogen-bond acceptors (Lipinski definition) is 3. The van der Waals surface area contributed by atoms with Gasteiger partial charge in [0.05, 0.1) is 0 Å². The molecule has 106 valence electrons. The number of thiophene rings is 1. The molecule has 0 spiro atoms. The highest BCUT2D eigenvalue weighted by Gasteiger charge is 2.05. The van der Waals surface area contributed by atoms with E-state index in [-0.39, 0.29) is 5.91 Å². The Kier molecular flexibility index (Phi) is 4.45. The Hall–Kier alpha value is -1.81. The number of aryl methyl sites for hydroxylation is 3. The van der Waals surface area contributed by atoms with Crippen molar-refractivity contribution in [2.75, 3.05) is 10.6 Å². The SMILES string of the molecule is CC(=O)Nc1ccc(C)c(NCc2cc(C)sc2C)c1. The van der Waals surface area contributed by atoms with Crippen LogP contribution < -0.4 is 10.6 Å². The molecule has 0 atom stereocenters. The maximum atomic E-state index is 11.1. The molecule has 1 aromatic carbocycles. The summed E-state index contributed by atoms with van der Waals surface area (Å²) >= 11 is 1.82. The molecule has 2 rings (SSSR count). The smallest absolute Gasteiger partial charge is 0.221 e. The van der Waals surface area contributed by atoms with Crippen molar-refractivity contribution in [2.45, 2.75) is 34.2 Å². The van der Waals surface area contributed by atoms with Crippen molar-refractivity contribution in [2.24, 2.45) is 0 Å². The highest BCUT2D eigenvalue weighted by atomic mass is 32.1. The van der Waals surface area contributed by atoms with Gasteiger partial charge in [-0.05, 0) is 50.1 Å². The van der Waals surface area contributed by atoms with Crippen molar-refractivity contribution in [3.05, 3.63) is 45.1 Å². The van der Waals surface area contributed by atoms with Crippen molar-refractivity contribution < 1.29 is 4.79 Å². The molecule has 0 unspecified atom stereocenters. The van der Waals surface area contributed by atoms with Crippen molar-refractivity contribution in [1.29, 1.82) is 0 Å². The summed E-state index contributed by atoms with van der Waals surface area (Å²) in [5, 5.41) is 6.26. The van der Waals surface area contributed by atoms with Crippen molar-refractivity contribution in [3.8, 4) is 0 Å². The standard InChI is InChI=1S/C16H20N2OS/c1-10-5-6-15(18-13(4)19)8-16(10)17-9-14-7-11(2)20-12(14)3/h5-8,17H,9H2,1-4H3,(H,18,19). The second kappa shape index (κ2) is 6.09. The zero-order valence-corrected chi connectivity index (χ0v) is 13.1. The van der Waals surface area contributed by atoms with E-state index in [4.69, 9.17) is 0 Å². The molecule has 3 nitrogen and oxygen atoms in total. The first kappa shape index (κ1) is 14.6. The fourth-order valence-corrected chi connectivity index (χ4v) is 3.09. The zero-order valence-electron chi connectivity index (χ0n) is 12.3. The number of carbonyl (C=O) groups excluding carboxylic acids is 1. The number of carbonyl (C=O) groups is 1. The average molecular weight is 288 g/mol. The summed E-state index contributed by atoms with van der Waals surface area (Å²) in [7, 11) is 0. The van der Waals surface area contributed by atoms with Gasteiger partial charge in [-0.1, -0.05) is 6.07 Å². The molecule has 2 N–H and O–H groups in total. The molecule has 20 heavy (non-hydrogen) atoms. The molecule has 0 radical (unpaired) electrons. The van der Waals surface area contributed by atoms with Gasteiger partial charge in [0, 0.05) is 34.6 Å². The molecule has 0 fully saturated rings. The van der Waals surface area contributed by atoms with Gasteiger partial charge in [0.1, 0.15) is 0 Å². The fraction of sp³-hybridized carbons (Fsp3) is 0.312. The first-order valence-corrected chi connectivity index (χ1v) is 7.45. The number of benzene rings is 1. The van der Waals surface area contributed by atoms with Crippen molar-refractivity contribution in [3.63, 3.8) is 0 Å². The van der Waals surface area contributed by atoms with E-state index in [9.17, 15) is 4.79 Å². The molecular weight excluding hydrogens is 268 g/mol. The highest BCUT2D eigenvalue weighted by molar-refractivity contribution is 7.12. The lowest BCUT2D eigenvalue weighted by atomic mass is 10.1. The van der Waals surface area contributed by atoms with Crippen LogP contribution >= 0.6 is 11.3 Å². The second-order valence-electron chi connectivity index (χ2n) is 5.00. The van der Waals surface area contributed by atoms with Gasteiger partial charge in [-0.15, -0.1) is 11.3 Å². The van der Waals surface area contributed by atoms with Gasteiger partial charge in [-0.25, -0.2) is 0 Å². The molecule has 1 aromatic heterocycles. The maximum Gasteiger partial charge on any atom is 0.221 e. The Bertz CT molecular complexity index is 631. The summed E-state index contributed by atoms with van der Waals surface area (Å²) in [6, 6.07) is 8.13. The van der Waals surface area contributed by atoms with E-state index in [0.717, 1.165) is 17.9 Å². The quantitative estimate of drug-likeness (QED) is 0.883. The third-order valence-electron chi connectivity index (χ3n) is 3.17. The van der Waals surface area contributed by atoms with E-state index >= 15 is 0 Å². The predicted octanol–water partition coefficient (Wildman–Crippen LogP) is 4.24. The van der Waals surface area contributed by atoms with E-state index in [1.165, 1.54) is 27.8 Å². The van der Waals surface area contributed by atoms with E-state index in [1.54, 1.807) is 0 Å². The molecule has 1 heterocycles. The van der Waals surface area contributed by atoms with Gasteiger partial charge >= 0.3 is 0 Å². The highest BCUT2D eigenvalue weighted by Crippen LogP contribution is 2.24. The molecule has 0 aliphatic rings. The van der Waals surface area contributed by atoms with Crippen molar-refractivity contribution in [1.82, 2.24) is 0 Å². The first-order chi connectivity index (χ1) is 9.45. The van der Waals surface area contributed by atoms with Gasteiger partial charge in [0.25, 0.3) is 0 Å².